The Morgan fingerprint density at radius 1 is 1.12 bits per heavy atom. The van der Waals surface area contributed by atoms with Gasteiger partial charge in [0.25, 0.3) is 0 Å². The number of aromatic amines is 1. The molecule has 0 radical (unpaired) electrons. The van der Waals surface area contributed by atoms with Gasteiger partial charge in [-0.15, -0.1) is 0 Å². The molecular weight excluding hydrogens is 587 g/mol. The van der Waals surface area contributed by atoms with Crippen LogP contribution < -0.4 is 15.0 Å². The molecule has 1 aliphatic heterocycles. The van der Waals surface area contributed by atoms with E-state index in [0.717, 1.165) is 5.56 Å². The molecule has 43 heavy (non-hydrogen) atoms. The highest BCUT2D eigenvalue weighted by Crippen LogP contribution is 2.39. The first-order valence-corrected chi connectivity index (χ1v) is 15.2. The summed E-state index contributed by atoms with van der Waals surface area (Å²) in [5.41, 5.74) is -3.66. The molecule has 1 unspecified atom stereocenters. The monoisotopic (exact) mass is 623 g/mol. The summed E-state index contributed by atoms with van der Waals surface area (Å²) in [4.78, 5) is 21.0. The molecule has 2 heterocycles. The average molecular weight is 624 g/mol. The minimum absolute atomic E-state index is 0.0281. The molecule has 1 amide bonds. The Morgan fingerprint density at radius 3 is 2.51 bits per heavy atom. The number of H-pyrrole nitrogens is 1. The number of sulfonamides is 1. The number of nitrogens with one attached hydrogen (secondary N) is 2. The van der Waals surface area contributed by atoms with Gasteiger partial charge < -0.3 is 24.7 Å². The number of hydrogen-bond acceptors (Lipinski definition) is 7. The number of carbonyl (C=O) groups excluding carboxylic acids is 1. The van der Waals surface area contributed by atoms with Crippen molar-refractivity contribution in [3.63, 3.8) is 0 Å². The number of imidazole rings is 1. The van der Waals surface area contributed by atoms with Gasteiger partial charge in [-0.05, 0) is 51.3 Å². The summed E-state index contributed by atoms with van der Waals surface area (Å²) in [5.74, 6) is 0.212. The minimum Gasteiger partial charge on any atom is -0.491 e. The number of alkyl carbamates (subject to hydrolysis) is 1. The number of aryl methyl sites for hydroxylation is 1. The van der Waals surface area contributed by atoms with E-state index in [-0.39, 0.29) is 31.0 Å². The second-order valence-corrected chi connectivity index (χ2v) is 13.1. The Labute approximate surface area is 249 Å². The van der Waals surface area contributed by atoms with Crippen molar-refractivity contribution in [3.05, 3.63) is 77.9 Å². The van der Waals surface area contributed by atoms with Gasteiger partial charge in [0.15, 0.2) is 0 Å². The van der Waals surface area contributed by atoms with Crippen molar-refractivity contribution < 1.29 is 35.9 Å². The lowest BCUT2D eigenvalue weighted by Gasteiger charge is -2.34. The summed E-state index contributed by atoms with van der Waals surface area (Å²) in [5, 5.41) is 2.57. The van der Waals surface area contributed by atoms with E-state index in [4.69, 9.17) is 9.47 Å². The summed E-state index contributed by atoms with van der Waals surface area (Å²) in [7, 11) is -5.68. The van der Waals surface area contributed by atoms with Crippen LogP contribution >= 0.6 is 0 Å². The number of benzene rings is 2. The first kappa shape index (κ1) is 32.1. The highest BCUT2D eigenvalue weighted by Gasteiger charge is 2.51. The van der Waals surface area contributed by atoms with Crippen LogP contribution in [0.3, 0.4) is 0 Å². The van der Waals surface area contributed by atoms with Gasteiger partial charge in [-0.2, -0.15) is 17.5 Å². The molecule has 0 saturated carbocycles. The Bertz CT molecular complexity index is 1460. The first-order chi connectivity index (χ1) is 20.2. The molecule has 4 rings (SSSR count). The molecule has 1 aromatic heterocycles. The maximum atomic E-state index is 13.9. The van der Waals surface area contributed by atoms with Crippen LogP contribution in [0.5, 0.6) is 5.75 Å². The van der Waals surface area contributed by atoms with Crippen LogP contribution in [0.2, 0.25) is 0 Å². The highest BCUT2D eigenvalue weighted by atomic mass is 32.2. The average Bonchev–Trinajstić information content (AvgIpc) is 3.38. The van der Waals surface area contributed by atoms with Gasteiger partial charge in [-0.3, -0.25) is 0 Å². The van der Waals surface area contributed by atoms with E-state index in [0.29, 0.717) is 28.5 Å². The van der Waals surface area contributed by atoms with Crippen LogP contribution in [-0.4, -0.2) is 65.6 Å². The van der Waals surface area contributed by atoms with Crippen LogP contribution in [0.1, 0.15) is 44.0 Å². The SMILES string of the molecule is CC(C)(C)OC(=O)NCCOc1cccc2c1CN(S(=O)(=O)C(F)(F)F)CC(CCc1ccccc1)N2Cc1cnc[nH]1. The molecule has 1 atom stereocenters. The maximum Gasteiger partial charge on any atom is 0.511 e. The molecule has 1 aliphatic rings. The quantitative estimate of drug-likeness (QED) is 0.306. The van der Waals surface area contributed by atoms with Crippen molar-refractivity contribution in [2.75, 3.05) is 24.6 Å². The predicted molar refractivity (Wildman–Crippen MR) is 155 cm³/mol. The fourth-order valence-electron chi connectivity index (χ4n) is 4.84. The van der Waals surface area contributed by atoms with Crippen molar-refractivity contribution in [1.82, 2.24) is 19.6 Å². The van der Waals surface area contributed by atoms with Crippen molar-refractivity contribution in [2.45, 2.75) is 63.9 Å². The van der Waals surface area contributed by atoms with E-state index in [2.05, 4.69) is 15.3 Å². The highest BCUT2D eigenvalue weighted by molar-refractivity contribution is 7.89. The molecular formula is C29H36F3N5O5S. The summed E-state index contributed by atoms with van der Waals surface area (Å²) in [6, 6.07) is 13.9. The second kappa shape index (κ2) is 13.2. The molecule has 0 fully saturated rings. The Hall–Kier alpha value is -3.78. The fourth-order valence-corrected chi connectivity index (χ4v) is 5.80. The zero-order valence-electron chi connectivity index (χ0n) is 24.2. The Morgan fingerprint density at radius 2 is 1.86 bits per heavy atom. The van der Waals surface area contributed by atoms with Crippen LogP contribution in [0.15, 0.2) is 61.1 Å². The van der Waals surface area contributed by atoms with E-state index in [1.807, 2.05) is 35.2 Å². The van der Waals surface area contributed by atoms with Crippen LogP contribution in [0, 0.1) is 0 Å². The summed E-state index contributed by atoms with van der Waals surface area (Å²) >= 11 is 0. The third-order valence-corrected chi connectivity index (χ3v) is 8.32. The number of alkyl halides is 3. The number of ether oxygens (including phenoxy) is 2. The molecule has 2 N–H and O–H groups in total. The fraction of sp³-hybridized carbons (Fsp3) is 0.448. The van der Waals surface area contributed by atoms with Crippen molar-refractivity contribution >= 4 is 21.8 Å². The molecule has 0 spiro atoms. The van der Waals surface area contributed by atoms with Gasteiger partial charge in [0.05, 0.1) is 25.1 Å². The van der Waals surface area contributed by atoms with Gasteiger partial charge >= 0.3 is 21.6 Å². The minimum atomic E-state index is -5.68. The van der Waals surface area contributed by atoms with E-state index in [9.17, 15) is 26.4 Å². The number of fused-ring (bicyclic) bond motifs is 1. The Balaban J connectivity index is 1.68. The lowest BCUT2D eigenvalue weighted by molar-refractivity contribution is -0.0492. The molecule has 0 aliphatic carbocycles. The number of halogens is 3. The smallest absolute Gasteiger partial charge is 0.491 e. The van der Waals surface area contributed by atoms with Gasteiger partial charge in [-0.1, -0.05) is 36.4 Å². The standard InChI is InChI=1S/C29H36F3N5O5S/c1-28(2,3)42-27(38)34-14-15-41-26-11-7-10-25-24(26)19-36(43(39,40)29(30,31)32)18-23(13-12-21-8-5-4-6-9-21)37(25)17-22-16-33-20-35-22/h4-11,16,20,23H,12-15,17-19H2,1-3H3,(H,33,35)(H,34,38). The van der Waals surface area contributed by atoms with Crippen LogP contribution in [-0.2, 0) is 34.3 Å². The molecule has 10 nitrogen and oxygen atoms in total. The molecule has 234 valence electrons. The topological polar surface area (TPSA) is 117 Å². The van der Waals surface area contributed by atoms with Crippen molar-refractivity contribution in [3.8, 4) is 5.75 Å². The summed E-state index contributed by atoms with van der Waals surface area (Å²) in [6.07, 6.45) is 3.38. The largest absolute Gasteiger partial charge is 0.511 e. The molecule has 3 aromatic rings. The third kappa shape index (κ3) is 8.41. The van der Waals surface area contributed by atoms with E-state index in [1.165, 1.54) is 6.33 Å². The summed E-state index contributed by atoms with van der Waals surface area (Å²) in [6.45, 7) is 4.52. The van der Waals surface area contributed by atoms with Gasteiger partial charge in [-0.25, -0.2) is 18.2 Å². The number of aromatic nitrogens is 2. The number of nitrogens with zero attached hydrogens (tertiary/aromatic N) is 3. The number of rotatable bonds is 10. The zero-order chi connectivity index (χ0) is 31.3. The summed E-state index contributed by atoms with van der Waals surface area (Å²) < 4.78 is 79.0. The molecule has 14 heteroatoms. The van der Waals surface area contributed by atoms with Gasteiger partial charge in [0, 0.05) is 36.6 Å². The maximum absolute atomic E-state index is 13.9. The lowest BCUT2D eigenvalue weighted by Crippen LogP contribution is -2.47. The number of anilines is 1. The number of amides is 1. The van der Waals surface area contributed by atoms with E-state index < -0.39 is 46.4 Å². The lowest BCUT2D eigenvalue weighted by atomic mass is 10.0. The Kier molecular flexibility index (Phi) is 9.90. The third-order valence-electron chi connectivity index (χ3n) is 6.77. The molecule has 0 saturated heterocycles. The van der Waals surface area contributed by atoms with E-state index in [1.54, 1.807) is 45.2 Å². The van der Waals surface area contributed by atoms with Crippen LogP contribution in [0.25, 0.3) is 0 Å². The predicted octanol–water partition coefficient (Wildman–Crippen LogP) is 4.99. The second-order valence-electron chi connectivity index (χ2n) is 11.2. The first-order valence-electron chi connectivity index (χ1n) is 13.8. The van der Waals surface area contributed by atoms with Crippen molar-refractivity contribution in [2.24, 2.45) is 0 Å². The van der Waals surface area contributed by atoms with E-state index >= 15 is 0 Å². The zero-order valence-corrected chi connectivity index (χ0v) is 25.0. The van der Waals surface area contributed by atoms with Gasteiger partial charge in [0.2, 0.25) is 0 Å². The number of carbonyl (C=O) groups is 1. The molecule has 2 aromatic carbocycles. The normalized spacial score (nSPS) is 16.3. The number of hydrogen-bond donors (Lipinski definition) is 2. The van der Waals surface area contributed by atoms with Crippen LogP contribution in [0.4, 0.5) is 23.7 Å². The van der Waals surface area contributed by atoms with Gasteiger partial charge in [0.1, 0.15) is 18.0 Å². The molecule has 0 bridgehead atoms. The van der Waals surface area contributed by atoms with Crippen molar-refractivity contribution in [1.29, 1.82) is 0 Å².